The Morgan fingerprint density at radius 2 is 1.79 bits per heavy atom. The first-order valence-corrected chi connectivity index (χ1v) is 14.3. The molecule has 0 aliphatic carbocycles. The highest BCUT2D eigenvalue weighted by Crippen LogP contribution is 2.29. The number of carbonyl (C=O) groups is 4. The van der Waals surface area contributed by atoms with Crippen molar-refractivity contribution in [1.82, 2.24) is 15.1 Å². The molecular weight excluding hydrogens is 538 g/mol. The summed E-state index contributed by atoms with van der Waals surface area (Å²) in [6.45, 7) is 20.3. The first-order chi connectivity index (χ1) is 19.7. The third-order valence-electron chi connectivity index (χ3n) is 6.78. The van der Waals surface area contributed by atoms with Gasteiger partial charge in [-0.2, -0.15) is 0 Å². The standard InChI is InChI=1S/C28H37N3O7.C4H10/c1-7-12-28(4,5)17-37-26(34)29-18(3)24(32)31-15-21(13-23(31)25(33)36-6)38-27(35)30-14-20-11-9-10-19(8-2)22(20)16-30;1-4(2)3/h7-11,18,21,23H,1-2,12-17H2,3-6H3,(H,29,34);4H,1-3H3/t18-,21+,23-;/m0./s1. The van der Waals surface area contributed by atoms with Crippen LogP contribution in [-0.2, 0) is 36.9 Å². The summed E-state index contributed by atoms with van der Waals surface area (Å²) in [6, 6.07) is 3.89. The highest BCUT2D eigenvalue weighted by molar-refractivity contribution is 5.90. The van der Waals surface area contributed by atoms with Crippen molar-refractivity contribution in [3.8, 4) is 0 Å². The molecule has 1 N–H and O–H groups in total. The first-order valence-electron chi connectivity index (χ1n) is 14.3. The molecule has 3 amide bonds. The summed E-state index contributed by atoms with van der Waals surface area (Å²) in [5.74, 6) is -0.299. The van der Waals surface area contributed by atoms with E-state index in [-0.39, 0.29) is 25.0 Å². The van der Waals surface area contributed by atoms with E-state index in [2.05, 4.69) is 39.2 Å². The molecule has 3 atom stereocenters. The molecule has 1 fully saturated rings. The Hall–Kier alpha value is -3.82. The van der Waals surface area contributed by atoms with E-state index >= 15 is 0 Å². The number of nitrogens with one attached hydrogen (secondary N) is 1. The number of hydrogen-bond donors (Lipinski definition) is 1. The first kappa shape index (κ1) is 34.4. The number of hydrogen-bond acceptors (Lipinski definition) is 7. The molecule has 1 aromatic carbocycles. The third-order valence-corrected chi connectivity index (χ3v) is 6.78. The fourth-order valence-corrected chi connectivity index (χ4v) is 4.71. The van der Waals surface area contributed by atoms with Gasteiger partial charge >= 0.3 is 18.2 Å². The smallest absolute Gasteiger partial charge is 0.410 e. The second-order valence-corrected chi connectivity index (χ2v) is 12.1. The molecule has 232 valence electrons. The topological polar surface area (TPSA) is 114 Å². The van der Waals surface area contributed by atoms with E-state index in [1.165, 1.54) is 18.9 Å². The van der Waals surface area contributed by atoms with Gasteiger partial charge in [0.1, 0.15) is 18.2 Å². The summed E-state index contributed by atoms with van der Waals surface area (Å²) < 4.78 is 15.9. The Bertz CT molecular complexity index is 1140. The van der Waals surface area contributed by atoms with E-state index in [1.54, 1.807) is 17.1 Å². The summed E-state index contributed by atoms with van der Waals surface area (Å²) in [6.07, 6.45) is 2.26. The molecule has 2 heterocycles. The van der Waals surface area contributed by atoms with E-state index in [0.717, 1.165) is 22.6 Å². The average molecular weight is 586 g/mol. The van der Waals surface area contributed by atoms with Gasteiger partial charge in [-0.15, -0.1) is 6.58 Å². The molecule has 10 nitrogen and oxygen atoms in total. The highest BCUT2D eigenvalue weighted by Gasteiger charge is 2.44. The number of amides is 3. The largest absolute Gasteiger partial charge is 0.467 e. The van der Waals surface area contributed by atoms with Gasteiger partial charge in [-0.05, 0) is 36.0 Å². The van der Waals surface area contributed by atoms with Crippen molar-refractivity contribution in [3.63, 3.8) is 0 Å². The van der Waals surface area contributed by atoms with Crippen molar-refractivity contribution in [2.75, 3.05) is 20.3 Å². The third kappa shape index (κ3) is 9.63. The van der Waals surface area contributed by atoms with E-state index in [1.807, 2.05) is 32.0 Å². The number of likely N-dealkylation sites (tertiary alicyclic amines) is 1. The average Bonchev–Trinajstić information content (AvgIpc) is 3.55. The molecule has 0 bridgehead atoms. The molecule has 10 heteroatoms. The molecule has 0 aromatic heterocycles. The van der Waals surface area contributed by atoms with Crippen LogP contribution in [0.4, 0.5) is 9.59 Å². The fourth-order valence-electron chi connectivity index (χ4n) is 4.71. The normalized spacial score (nSPS) is 18.3. The van der Waals surface area contributed by atoms with E-state index in [4.69, 9.17) is 14.2 Å². The molecule has 2 aliphatic rings. The van der Waals surface area contributed by atoms with Gasteiger partial charge in [0.05, 0.1) is 26.8 Å². The minimum absolute atomic E-state index is 0.00350. The number of alkyl carbamates (subject to hydrolysis) is 1. The van der Waals surface area contributed by atoms with Crippen LogP contribution < -0.4 is 5.32 Å². The quantitative estimate of drug-likeness (QED) is 0.238. The lowest BCUT2D eigenvalue weighted by atomic mass is 9.91. The van der Waals surface area contributed by atoms with Crippen LogP contribution in [0.5, 0.6) is 0 Å². The molecule has 3 rings (SSSR count). The Morgan fingerprint density at radius 1 is 1.12 bits per heavy atom. The molecule has 1 saturated heterocycles. The maximum absolute atomic E-state index is 13.2. The molecule has 0 spiro atoms. The second kappa shape index (κ2) is 15.4. The van der Waals surface area contributed by atoms with Crippen molar-refractivity contribution >= 4 is 30.1 Å². The zero-order valence-corrected chi connectivity index (χ0v) is 26.1. The Morgan fingerprint density at radius 3 is 2.38 bits per heavy atom. The predicted molar refractivity (Wildman–Crippen MR) is 161 cm³/mol. The number of carbonyl (C=O) groups excluding carboxylic acids is 4. The monoisotopic (exact) mass is 585 g/mol. The maximum Gasteiger partial charge on any atom is 0.410 e. The van der Waals surface area contributed by atoms with Gasteiger partial charge in [-0.3, -0.25) is 9.69 Å². The Labute approximate surface area is 250 Å². The van der Waals surface area contributed by atoms with Crippen molar-refractivity contribution < 1.29 is 33.4 Å². The van der Waals surface area contributed by atoms with E-state index in [0.29, 0.717) is 19.5 Å². The van der Waals surface area contributed by atoms with Crippen LogP contribution in [0.25, 0.3) is 6.08 Å². The minimum atomic E-state index is -0.975. The molecule has 2 aliphatic heterocycles. The number of ether oxygens (including phenoxy) is 3. The lowest BCUT2D eigenvalue weighted by molar-refractivity contribution is -0.151. The van der Waals surface area contributed by atoms with Gasteiger partial charge in [0, 0.05) is 18.4 Å². The molecule has 0 unspecified atom stereocenters. The zero-order chi connectivity index (χ0) is 31.6. The number of nitrogens with zero attached hydrogens (tertiary/aromatic N) is 2. The van der Waals surface area contributed by atoms with E-state index in [9.17, 15) is 19.2 Å². The summed E-state index contributed by atoms with van der Waals surface area (Å²) in [7, 11) is 1.23. The van der Waals surface area contributed by atoms with Crippen LogP contribution in [0.15, 0.2) is 37.4 Å². The van der Waals surface area contributed by atoms with E-state index < -0.39 is 42.3 Å². The van der Waals surface area contributed by atoms with Crippen LogP contribution in [0.3, 0.4) is 0 Å². The number of esters is 1. The summed E-state index contributed by atoms with van der Waals surface area (Å²) in [4.78, 5) is 53.7. The number of methoxy groups -OCH3 is 1. The summed E-state index contributed by atoms with van der Waals surface area (Å²) in [5.41, 5.74) is 2.72. The van der Waals surface area contributed by atoms with Gasteiger partial charge < -0.3 is 24.4 Å². The number of fused-ring (bicyclic) bond motifs is 1. The SMILES string of the molecule is C=CCC(C)(C)COC(=O)N[C@@H](C)C(=O)N1C[C@H](OC(=O)N2Cc3cccc(C=C)c3C2)C[C@H]1C(=O)OC.CC(C)C. The van der Waals surface area contributed by atoms with Gasteiger partial charge in [0.2, 0.25) is 5.91 Å². The highest BCUT2D eigenvalue weighted by atomic mass is 16.6. The predicted octanol–water partition coefficient (Wildman–Crippen LogP) is 5.30. The zero-order valence-electron chi connectivity index (χ0n) is 26.1. The molecular formula is C32H47N3O7. The molecule has 0 radical (unpaired) electrons. The summed E-state index contributed by atoms with van der Waals surface area (Å²) >= 11 is 0. The van der Waals surface area contributed by atoms with Gasteiger partial charge in [-0.25, -0.2) is 14.4 Å². The van der Waals surface area contributed by atoms with Gasteiger partial charge in [0.25, 0.3) is 0 Å². The number of rotatable bonds is 9. The van der Waals surface area contributed by atoms with Crippen LogP contribution in [0.1, 0.15) is 71.1 Å². The Kier molecular flexibility index (Phi) is 12.6. The van der Waals surface area contributed by atoms with Crippen LogP contribution in [0.2, 0.25) is 0 Å². The molecule has 42 heavy (non-hydrogen) atoms. The second-order valence-electron chi connectivity index (χ2n) is 12.1. The molecule has 1 aromatic rings. The fraction of sp³-hybridized carbons (Fsp3) is 0.562. The van der Waals surface area contributed by atoms with Crippen molar-refractivity contribution in [1.29, 1.82) is 0 Å². The summed E-state index contributed by atoms with van der Waals surface area (Å²) in [5, 5.41) is 2.52. The van der Waals surface area contributed by atoms with Crippen molar-refractivity contribution in [3.05, 3.63) is 54.1 Å². The van der Waals surface area contributed by atoms with Crippen molar-refractivity contribution in [2.24, 2.45) is 11.3 Å². The maximum atomic E-state index is 13.2. The lowest BCUT2D eigenvalue weighted by Crippen LogP contribution is -2.51. The number of allylic oxidation sites excluding steroid dienone is 1. The molecule has 0 saturated carbocycles. The number of benzene rings is 1. The van der Waals surface area contributed by atoms with Crippen molar-refractivity contribution in [2.45, 2.75) is 85.7 Å². The van der Waals surface area contributed by atoms with Gasteiger partial charge in [-0.1, -0.05) is 71.5 Å². The van der Waals surface area contributed by atoms with Crippen LogP contribution in [-0.4, -0.2) is 72.3 Å². The minimum Gasteiger partial charge on any atom is -0.467 e. The Balaban J connectivity index is 0.00000144. The van der Waals surface area contributed by atoms with Crippen LogP contribution in [0, 0.1) is 11.3 Å². The lowest BCUT2D eigenvalue weighted by Gasteiger charge is -2.26. The van der Waals surface area contributed by atoms with Crippen LogP contribution >= 0.6 is 0 Å². The van der Waals surface area contributed by atoms with Gasteiger partial charge in [0.15, 0.2) is 0 Å².